The van der Waals surface area contributed by atoms with Gasteiger partial charge in [0.05, 0.1) is 6.54 Å². The molecule has 0 unspecified atom stereocenters. The summed E-state index contributed by atoms with van der Waals surface area (Å²) in [4.78, 5) is 4.10. The van der Waals surface area contributed by atoms with E-state index in [1.807, 2.05) is 17.7 Å². The topological polar surface area (TPSA) is 29.9 Å². The molecule has 0 atom stereocenters. The third kappa shape index (κ3) is 2.47. The van der Waals surface area contributed by atoms with Crippen LogP contribution in [0.15, 0.2) is 24.5 Å². The Balaban J connectivity index is 2.11. The molecule has 18 heavy (non-hydrogen) atoms. The van der Waals surface area contributed by atoms with Crippen LogP contribution in [-0.4, -0.2) is 9.55 Å². The molecule has 0 radical (unpaired) electrons. The van der Waals surface area contributed by atoms with Crippen molar-refractivity contribution in [2.45, 2.75) is 20.0 Å². The monoisotopic (exact) mass is 255 g/mol. The molecule has 0 saturated heterocycles. The maximum atomic E-state index is 13.0. The van der Waals surface area contributed by atoms with Gasteiger partial charge in [0.25, 0.3) is 0 Å². The number of imidazole rings is 1. The number of halogens is 3. The van der Waals surface area contributed by atoms with Crippen LogP contribution in [0.1, 0.15) is 12.7 Å². The van der Waals surface area contributed by atoms with Crippen molar-refractivity contribution >= 4 is 5.69 Å². The van der Waals surface area contributed by atoms with Crippen LogP contribution in [0.5, 0.6) is 0 Å². The first-order chi connectivity index (χ1) is 8.61. The van der Waals surface area contributed by atoms with Gasteiger partial charge in [-0.15, -0.1) is 0 Å². The van der Waals surface area contributed by atoms with Crippen molar-refractivity contribution in [3.05, 3.63) is 47.8 Å². The Morgan fingerprint density at radius 3 is 2.50 bits per heavy atom. The highest BCUT2D eigenvalue weighted by molar-refractivity contribution is 5.44. The molecular weight excluding hydrogens is 243 g/mol. The summed E-state index contributed by atoms with van der Waals surface area (Å²) in [5.74, 6) is -3.15. The fourth-order valence-corrected chi connectivity index (χ4v) is 1.63. The minimum atomic E-state index is -1.46. The first-order valence-electron chi connectivity index (χ1n) is 5.50. The van der Waals surface area contributed by atoms with Crippen LogP contribution < -0.4 is 5.32 Å². The zero-order valence-corrected chi connectivity index (χ0v) is 9.75. The molecule has 0 amide bonds. The molecule has 2 aromatic rings. The predicted molar refractivity (Wildman–Crippen MR) is 61.5 cm³/mol. The first kappa shape index (κ1) is 12.5. The van der Waals surface area contributed by atoms with Gasteiger partial charge in [-0.3, -0.25) is 0 Å². The number of aryl methyl sites for hydroxylation is 1. The average molecular weight is 255 g/mol. The second-order valence-electron chi connectivity index (χ2n) is 3.74. The van der Waals surface area contributed by atoms with Gasteiger partial charge in [-0.25, -0.2) is 18.2 Å². The van der Waals surface area contributed by atoms with Gasteiger partial charge >= 0.3 is 0 Å². The number of nitrogens with zero attached hydrogens (tertiary/aromatic N) is 2. The lowest BCUT2D eigenvalue weighted by Crippen LogP contribution is -2.08. The predicted octanol–water partition coefficient (Wildman–Crippen LogP) is 2.93. The number of hydrogen-bond donors (Lipinski definition) is 1. The number of aromatic nitrogens is 2. The highest BCUT2D eigenvalue weighted by atomic mass is 19.2. The molecule has 1 aromatic heterocycles. The highest BCUT2D eigenvalue weighted by Crippen LogP contribution is 2.17. The van der Waals surface area contributed by atoms with E-state index in [4.69, 9.17) is 0 Å². The molecule has 0 aliphatic carbocycles. The molecular formula is C12H12F3N3. The average Bonchev–Trinajstić information content (AvgIpc) is 2.80. The molecule has 0 spiro atoms. The summed E-state index contributed by atoms with van der Waals surface area (Å²) in [6, 6.07) is 1.83. The van der Waals surface area contributed by atoms with E-state index < -0.39 is 17.5 Å². The van der Waals surface area contributed by atoms with E-state index in [9.17, 15) is 13.2 Å². The van der Waals surface area contributed by atoms with Crippen molar-refractivity contribution in [1.29, 1.82) is 0 Å². The van der Waals surface area contributed by atoms with Gasteiger partial charge in [-0.05, 0) is 6.92 Å². The van der Waals surface area contributed by atoms with Gasteiger partial charge < -0.3 is 9.88 Å². The zero-order valence-electron chi connectivity index (χ0n) is 9.75. The minimum Gasteiger partial charge on any atom is -0.378 e. The van der Waals surface area contributed by atoms with Crippen LogP contribution in [0, 0.1) is 17.5 Å². The van der Waals surface area contributed by atoms with Crippen LogP contribution in [0.4, 0.5) is 18.9 Å². The molecule has 0 bridgehead atoms. The Labute approximate surface area is 102 Å². The van der Waals surface area contributed by atoms with Gasteiger partial charge in [0.2, 0.25) is 0 Å². The summed E-state index contributed by atoms with van der Waals surface area (Å²) >= 11 is 0. The molecule has 6 heteroatoms. The zero-order chi connectivity index (χ0) is 13.1. The standard InChI is InChI=1S/C12H12F3N3/c1-2-18-4-3-16-11(18)7-17-8-5-9(13)12(15)10(14)6-8/h3-6,17H,2,7H2,1H3. The summed E-state index contributed by atoms with van der Waals surface area (Å²) in [7, 11) is 0. The smallest absolute Gasteiger partial charge is 0.194 e. The Bertz CT molecular complexity index is 528. The molecule has 2 rings (SSSR count). The molecule has 0 saturated carbocycles. The van der Waals surface area contributed by atoms with E-state index in [0.29, 0.717) is 6.54 Å². The van der Waals surface area contributed by atoms with Crippen molar-refractivity contribution < 1.29 is 13.2 Å². The first-order valence-corrected chi connectivity index (χ1v) is 5.50. The lowest BCUT2D eigenvalue weighted by Gasteiger charge is -2.08. The van der Waals surface area contributed by atoms with Crippen LogP contribution >= 0.6 is 0 Å². The summed E-state index contributed by atoms with van der Waals surface area (Å²) in [5, 5.41) is 2.80. The number of hydrogen-bond acceptors (Lipinski definition) is 2. The minimum absolute atomic E-state index is 0.178. The number of nitrogens with one attached hydrogen (secondary N) is 1. The van der Waals surface area contributed by atoms with Gasteiger partial charge in [-0.1, -0.05) is 0 Å². The second-order valence-corrected chi connectivity index (χ2v) is 3.74. The van der Waals surface area contributed by atoms with Crippen molar-refractivity contribution in [3.8, 4) is 0 Å². The third-order valence-corrected chi connectivity index (χ3v) is 2.58. The van der Waals surface area contributed by atoms with Gasteiger partial charge in [0.1, 0.15) is 5.82 Å². The summed E-state index contributed by atoms with van der Waals surface area (Å²) < 4.78 is 40.6. The molecule has 0 aliphatic rings. The largest absolute Gasteiger partial charge is 0.378 e. The maximum Gasteiger partial charge on any atom is 0.194 e. The second kappa shape index (κ2) is 5.12. The van der Waals surface area contributed by atoms with Crippen molar-refractivity contribution in [2.75, 3.05) is 5.32 Å². The molecule has 1 aromatic carbocycles. The van der Waals surface area contributed by atoms with E-state index in [0.717, 1.165) is 24.5 Å². The van der Waals surface area contributed by atoms with E-state index >= 15 is 0 Å². The normalized spacial score (nSPS) is 10.7. The number of benzene rings is 1. The molecule has 1 heterocycles. The quantitative estimate of drug-likeness (QED) is 0.851. The number of anilines is 1. The Morgan fingerprint density at radius 1 is 1.22 bits per heavy atom. The summed E-state index contributed by atoms with van der Waals surface area (Å²) in [6.45, 7) is 3.02. The van der Waals surface area contributed by atoms with Gasteiger partial charge in [0.15, 0.2) is 17.5 Å². The number of rotatable bonds is 4. The van der Waals surface area contributed by atoms with Gasteiger partial charge in [0, 0.05) is 36.8 Å². The fraction of sp³-hybridized carbons (Fsp3) is 0.250. The van der Waals surface area contributed by atoms with Crippen molar-refractivity contribution in [3.63, 3.8) is 0 Å². The summed E-state index contributed by atoms with van der Waals surface area (Å²) in [5.41, 5.74) is 0.178. The molecule has 96 valence electrons. The molecule has 0 fully saturated rings. The third-order valence-electron chi connectivity index (χ3n) is 2.58. The lowest BCUT2D eigenvalue weighted by molar-refractivity contribution is 0.447. The Kier molecular flexibility index (Phi) is 3.55. The summed E-state index contributed by atoms with van der Waals surface area (Å²) in [6.07, 6.45) is 3.45. The van der Waals surface area contributed by atoms with Crippen LogP contribution in [-0.2, 0) is 13.1 Å². The van der Waals surface area contributed by atoms with Crippen molar-refractivity contribution in [2.24, 2.45) is 0 Å². The van der Waals surface area contributed by atoms with E-state index in [-0.39, 0.29) is 5.69 Å². The van der Waals surface area contributed by atoms with Crippen LogP contribution in [0.25, 0.3) is 0 Å². The van der Waals surface area contributed by atoms with Crippen LogP contribution in [0.3, 0.4) is 0 Å². The molecule has 0 aliphatic heterocycles. The SMILES string of the molecule is CCn1ccnc1CNc1cc(F)c(F)c(F)c1. The Hall–Kier alpha value is -1.98. The molecule has 3 nitrogen and oxygen atoms in total. The van der Waals surface area contributed by atoms with Gasteiger partial charge in [-0.2, -0.15) is 0 Å². The van der Waals surface area contributed by atoms with E-state index in [1.54, 1.807) is 6.20 Å². The molecule has 1 N–H and O–H groups in total. The fourth-order valence-electron chi connectivity index (χ4n) is 1.63. The lowest BCUT2D eigenvalue weighted by atomic mass is 10.3. The maximum absolute atomic E-state index is 13.0. The van der Waals surface area contributed by atoms with Crippen LogP contribution in [0.2, 0.25) is 0 Å². The van der Waals surface area contributed by atoms with E-state index in [1.165, 1.54) is 0 Å². The highest BCUT2D eigenvalue weighted by Gasteiger charge is 2.10. The Morgan fingerprint density at radius 2 is 1.89 bits per heavy atom. The van der Waals surface area contributed by atoms with E-state index in [2.05, 4.69) is 10.3 Å². The van der Waals surface area contributed by atoms with Crippen molar-refractivity contribution in [1.82, 2.24) is 9.55 Å².